The van der Waals surface area contributed by atoms with E-state index in [1.54, 1.807) is 0 Å². The number of aryl methyl sites for hydroxylation is 1. The Morgan fingerprint density at radius 2 is 1.75 bits per heavy atom. The minimum atomic E-state index is -0.0386. The summed E-state index contributed by atoms with van der Waals surface area (Å²) in [7, 11) is 0. The van der Waals surface area contributed by atoms with E-state index >= 15 is 0 Å². The first-order valence-corrected chi connectivity index (χ1v) is 4.20. The van der Waals surface area contributed by atoms with E-state index in [1.165, 1.54) is 0 Å². The highest BCUT2D eigenvalue weighted by atomic mass is 16.3. The van der Waals surface area contributed by atoms with E-state index in [9.17, 15) is 5.11 Å². The van der Waals surface area contributed by atoms with Crippen LogP contribution < -0.4 is 5.11 Å². The van der Waals surface area contributed by atoms with Gasteiger partial charge in [0, 0.05) is 0 Å². The van der Waals surface area contributed by atoms with Crippen LogP contribution >= 0.6 is 0 Å². The van der Waals surface area contributed by atoms with E-state index in [-0.39, 0.29) is 11.2 Å². The van der Waals surface area contributed by atoms with Crippen LogP contribution in [0.1, 0.15) is 31.9 Å². The van der Waals surface area contributed by atoms with Crippen LogP contribution in [-0.2, 0) is 5.41 Å². The number of benzene rings is 1. The van der Waals surface area contributed by atoms with Gasteiger partial charge in [-0.05, 0) is 12.3 Å². The SMILES string of the molecule is Cc1cccc(C(C)(C)C)c1[O-]. The predicted molar refractivity (Wildman–Crippen MR) is 49.3 cm³/mol. The van der Waals surface area contributed by atoms with Crippen LogP contribution in [-0.4, -0.2) is 0 Å². The van der Waals surface area contributed by atoms with Crippen LogP contribution in [0.3, 0.4) is 0 Å². The van der Waals surface area contributed by atoms with Crippen LogP contribution in [0.2, 0.25) is 0 Å². The van der Waals surface area contributed by atoms with Crippen LogP contribution in [0.5, 0.6) is 5.75 Å². The Balaban J connectivity index is 3.26. The molecule has 0 aliphatic rings. The van der Waals surface area contributed by atoms with E-state index < -0.39 is 0 Å². The third kappa shape index (κ3) is 1.60. The number of hydrogen-bond donors (Lipinski definition) is 0. The molecule has 0 unspecified atom stereocenters. The molecule has 0 atom stereocenters. The molecule has 0 N–H and O–H groups in total. The Hall–Kier alpha value is -0.980. The van der Waals surface area contributed by atoms with Crippen molar-refractivity contribution in [1.82, 2.24) is 0 Å². The first-order valence-electron chi connectivity index (χ1n) is 4.20. The third-order valence-electron chi connectivity index (χ3n) is 2.02. The molecule has 0 radical (unpaired) electrons. The monoisotopic (exact) mass is 163 g/mol. The molecule has 0 aromatic heterocycles. The molecular weight excluding hydrogens is 148 g/mol. The normalized spacial score (nSPS) is 11.7. The van der Waals surface area contributed by atoms with Crippen molar-refractivity contribution in [3.05, 3.63) is 29.3 Å². The molecule has 0 saturated carbocycles. The average molecular weight is 163 g/mol. The van der Waals surface area contributed by atoms with Crippen molar-refractivity contribution in [1.29, 1.82) is 0 Å². The summed E-state index contributed by atoms with van der Waals surface area (Å²) >= 11 is 0. The fourth-order valence-corrected chi connectivity index (χ4v) is 1.24. The summed E-state index contributed by atoms with van der Waals surface area (Å²) in [6.45, 7) is 8.03. The maximum absolute atomic E-state index is 11.6. The summed E-state index contributed by atoms with van der Waals surface area (Å²) in [6.07, 6.45) is 0. The Morgan fingerprint density at radius 3 is 2.17 bits per heavy atom. The lowest BCUT2D eigenvalue weighted by molar-refractivity contribution is -0.270. The summed E-state index contributed by atoms with van der Waals surface area (Å²) in [5, 5.41) is 11.6. The zero-order valence-corrected chi connectivity index (χ0v) is 8.14. The standard InChI is InChI=1S/C11H16O/c1-8-6-5-7-9(10(8)12)11(2,3)4/h5-7,12H,1-4H3/p-1. The number of para-hydroxylation sites is 1. The molecular formula is C11H15O-. The second-order valence-electron chi connectivity index (χ2n) is 4.20. The van der Waals surface area contributed by atoms with Gasteiger partial charge in [0.25, 0.3) is 0 Å². The fraction of sp³-hybridized carbons (Fsp3) is 0.455. The van der Waals surface area contributed by atoms with Crippen LogP contribution in [0.25, 0.3) is 0 Å². The highest BCUT2D eigenvalue weighted by molar-refractivity contribution is 5.42. The molecule has 66 valence electrons. The molecule has 0 saturated heterocycles. The maximum Gasteiger partial charge on any atom is -0.0138 e. The Kier molecular flexibility index (Phi) is 2.14. The fourth-order valence-electron chi connectivity index (χ4n) is 1.24. The van der Waals surface area contributed by atoms with Crippen molar-refractivity contribution in [3.8, 4) is 5.75 Å². The van der Waals surface area contributed by atoms with E-state index in [4.69, 9.17) is 0 Å². The largest absolute Gasteiger partial charge is 0.872 e. The summed E-state index contributed by atoms with van der Waals surface area (Å²) < 4.78 is 0. The van der Waals surface area contributed by atoms with Gasteiger partial charge < -0.3 is 5.11 Å². The van der Waals surface area contributed by atoms with Gasteiger partial charge in [0.2, 0.25) is 0 Å². The molecule has 1 heteroatoms. The maximum atomic E-state index is 11.6. The molecule has 1 aromatic carbocycles. The number of rotatable bonds is 0. The van der Waals surface area contributed by atoms with Gasteiger partial charge in [-0.25, -0.2) is 0 Å². The zero-order chi connectivity index (χ0) is 9.35. The molecule has 0 heterocycles. The van der Waals surface area contributed by atoms with Gasteiger partial charge in [0.1, 0.15) is 0 Å². The Labute approximate surface area is 74.1 Å². The van der Waals surface area contributed by atoms with Gasteiger partial charge in [-0.2, -0.15) is 0 Å². The summed E-state index contributed by atoms with van der Waals surface area (Å²) in [4.78, 5) is 0. The molecule has 0 bridgehead atoms. The lowest BCUT2D eigenvalue weighted by Gasteiger charge is -2.27. The summed E-state index contributed by atoms with van der Waals surface area (Å²) in [6, 6.07) is 5.71. The Bertz CT molecular complexity index is 282. The smallest absolute Gasteiger partial charge is 0.0138 e. The van der Waals surface area contributed by atoms with Gasteiger partial charge >= 0.3 is 0 Å². The molecule has 1 rings (SSSR count). The Morgan fingerprint density at radius 1 is 1.17 bits per heavy atom. The van der Waals surface area contributed by atoms with Crippen LogP contribution in [0.4, 0.5) is 0 Å². The molecule has 0 amide bonds. The third-order valence-corrected chi connectivity index (χ3v) is 2.02. The molecule has 0 aliphatic heterocycles. The molecule has 0 aliphatic carbocycles. The van der Waals surface area contributed by atoms with Gasteiger partial charge in [0.15, 0.2) is 0 Å². The quantitative estimate of drug-likeness (QED) is 0.575. The highest BCUT2D eigenvalue weighted by Gasteiger charge is 2.13. The lowest BCUT2D eigenvalue weighted by atomic mass is 9.85. The van der Waals surface area contributed by atoms with E-state index in [2.05, 4.69) is 20.8 Å². The molecule has 1 aromatic rings. The minimum Gasteiger partial charge on any atom is -0.872 e. The van der Waals surface area contributed by atoms with Gasteiger partial charge in [-0.1, -0.05) is 50.1 Å². The first-order chi connectivity index (χ1) is 5.43. The second kappa shape index (κ2) is 2.81. The molecule has 0 fully saturated rings. The molecule has 0 spiro atoms. The van der Waals surface area contributed by atoms with Crippen molar-refractivity contribution in [2.75, 3.05) is 0 Å². The van der Waals surface area contributed by atoms with Gasteiger partial charge in [-0.3, -0.25) is 0 Å². The zero-order valence-electron chi connectivity index (χ0n) is 8.14. The second-order valence-corrected chi connectivity index (χ2v) is 4.20. The van der Waals surface area contributed by atoms with E-state index in [0.717, 1.165) is 11.1 Å². The van der Waals surface area contributed by atoms with Crippen LogP contribution in [0.15, 0.2) is 18.2 Å². The van der Waals surface area contributed by atoms with Crippen molar-refractivity contribution < 1.29 is 5.11 Å². The van der Waals surface area contributed by atoms with Crippen molar-refractivity contribution in [2.24, 2.45) is 0 Å². The van der Waals surface area contributed by atoms with Crippen molar-refractivity contribution >= 4 is 0 Å². The van der Waals surface area contributed by atoms with Gasteiger partial charge in [-0.15, -0.1) is 5.75 Å². The van der Waals surface area contributed by atoms with E-state index in [0.29, 0.717) is 0 Å². The predicted octanol–water partition coefficient (Wildman–Crippen LogP) is 2.37. The van der Waals surface area contributed by atoms with Crippen LogP contribution in [0, 0.1) is 6.92 Å². The summed E-state index contributed by atoms with van der Waals surface area (Å²) in [5.41, 5.74) is 1.70. The number of hydrogen-bond acceptors (Lipinski definition) is 1. The topological polar surface area (TPSA) is 23.1 Å². The van der Waals surface area contributed by atoms with Gasteiger partial charge in [0.05, 0.1) is 0 Å². The molecule has 1 nitrogen and oxygen atoms in total. The van der Waals surface area contributed by atoms with E-state index in [1.807, 2.05) is 25.1 Å². The van der Waals surface area contributed by atoms with Crippen molar-refractivity contribution in [2.45, 2.75) is 33.1 Å². The highest BCUT2D eigenvalue weighted by Crippen LogP contribution is 2.30. The molecule has 12 heavy (non-hydrogen) atoms. The lowest BCUT2D eigenvalue weighted by Crippen LogP contribution is -2.14. The summed E-state index contributed by atoms with van der Waals surface area (Å²) in [5.74, 6) is 0.185. The average Bonchev–Trinajstić information content (AvgIpc) is 1.92. The minimum absolute atomic E-state index is 0.0386. The first kappa shape index (κ1) is 9.11. The van der Waals surface area contributed by atoms with Crippen molar-refractivity contribution in [3.63, 3.8) is 0 Å².